The zero-order valence-electron chi connectivity index (χ0n) is 25.5. The van der Waals surface area contributed by atoms with Crippen LogP contribution in [0.25, 0.3) is 23.3 Å². The van der Waals surface area contributed by atoms with Crippen LogP contribution in [-0.4, -0.2) is 8.07 Å². The maximum atomic E-state index is 2.41. The molecule has 2 aliphatic rings. The Morgan fingerprint density at radius 1 is 0.442 bits per heavy atom. The van der Waals surface area contributed by atoms with Crippen LogP contribution in [0.2, 0.25) is 19.6 Å². The molecule has 0 fully saturated rings. The molecule has 0 spiro atoms. The molecule has 0 aromatic heterocycles. The van der Waals surface area contributed by atoms with Crippen molar-refractivity contribution in [2.75, 3.05) is 4.90 Å². The van der Waals surface area contributed by atoms with Crippen molar-refractivity contribution in [2.24, 2.45) is 0 Å². The van der Waals surface area contributed by atoms with E-state index in [9.17, 15) is 0 Å². The fraction of sp³-hybridized carbons (Fsp3) is 0.171. The first-order chi connectivity index (χ1) is 20.9. The number of rotatable bonds is 6. The lowest BCUT2D eigenvalue weighted by atomic mass is 9.88. The smallest absolute Gasteiger partial charge is 0.0775 e. The first-order valence-corrected chi connectivity index (χ1v) is 19.1. The molecule has 2 heteroatoms. The highest BCUT2D eigenvalue weighted by Gasteiger charge is 2.19. The maximum Gasteiger partial charge on any atom is 0.0775 e. The van der Waals surface area contributed by atoms with Crippen molar-refractivity contribution < 1.29 is 0 Å². The lowest BCUT2D eigenvalue weighted by molar-refractivity contribution is 1.00. The van der Waals surface area contributed by atoms with Gasteiger partial charge in [0.2, 0.25) is 0 Å². The maximum absolute atomic E-state index is 2.41. The topological polar surface area (TPSA) is 3.24 Å². The Kier molecular flexibility index (Phi) is 7.24. The molecule has 0 saturated heterocycles. The molecule has 1 nitrogen and oxygen atoms in total. The van der Waals surface area contributed by atoms with E-state index in [1.54, 1.807) is 0 Å². The van der Waals surface area contributed by atoms with Gasteiger partial charge in [-0.2, -0.15) is 0 Å². The van der Waals surface area contributed by atoms with Crippen molar-refractivity contribution in [1.29, 1.82) is 0 Å². The number of aryl methyl sites for hydroxylation is 2. The van der Waals surface area contributed by atoms with Gasteiger partial charge >= 0.3 is 0 Å². The summed E-state index contributed by atoms with van der Waals surface area (Å²) in [6.45, 7) is 7.23. The molecule has 0 unspecified atom stereocenters. The van der Waals surface area contributed by atoms with E-state index < -0.39 is 8.07 Å². The SMILES string of the molecule is C[Si](C)(C)c1ccc(N(c2ccc(C3=Cc4ccccc4CC3)cc2)c2ccc(C3=Cc4ccccc4CC3)cc2)cc1. The second-order valence-corrected chi connectivity index (χ2v) is 18.0. The molecular formula is C41H39NSi. The van der Waals surface area contributed by atoms with Crippen LogP contribution in [-0.2, 0) is 12.8 Å². The van der Waals surface area contributed by atoms with E-state index in [1.807, 2.05) is 0 Å². The molecule has 2 aliphatic carbocycles. The first kappa shape index (κ1) is 27.4. The Balaban J connectivity index is 1.23. The number of benzene rings is 5. The molecular weight excluding hydrogens is 535 g/mol. The summed E-state index contributed by atoms with van der Waals surface area (Å²) >= 11 is 0. The van der Waals surface area contributed by atoms with Crippen LogP contribution in [0, 0.1) is 0 Å². The van der Waals surface area contributed by atoms with Crippen LogP contribution < -0.4 is 10.1 Å². The fourth-order valence-electron chi connectivity index (χ4n) is 6.53. The molecule has 0 amide bonds. The lowest BCUT2D eigenvalue weighted by Crippen LogP contribution is -2.37. The highest BCUT2D eigenvalue weighted by atomic mass is 28.3. The quantitative estimate of drug-likeness (QED) is 0.183. The summed E-state index contributed by atoms with van der Waals surface area (Å²) in [5, 5.41) is 1.48. The van der Waals surface area contributed by atoms with Gasteiger partial charge < -0.3 is 4.90 Å². The number of hydrogen-bond donors (Lipinski definition) is 0. The second-order valence-electron chi connectivity index (χ2n) is 13.0. The van der Waals surface area contributed by atoms with E-state index in [0.717, 1.165) is 25.7 Å². The summed E-state index contributed by atoms with van der Waals surface area (Å²) in [5.41, 5.74) is 14.6. The molecule has 7 rings (SSSR count). The molecule has 0 atom stereocenters. The Morgan fingerprint density at radius 3 is 1.26 bits per heavy atom. The average molecular weight is 574 g/mol. The van der Waals surface area contributed by atoms with Crippen molar-refractivity contribution >= 4 is 53.6 Å². The van der Waals surface area contributed by atoms with Gasteiger partial charge in [0.1, 0.15) is 0 Å². The largest absolute Gasteiger partial charge is 0.311 e. The minimum Gasteiger partial charge on any atom is -0.311 e. The van der Waals surface area contributed by atoms with Gasteiger partial charge in [-0.05, 0) is 107 Å². The molecule has 0 bridgehead atoms. The van der Waals surface area contributed by atoms with Gasteiger partial charge in [0.05, 0.1) is 8.07 Å². The van der Waals surface area contributed by atoms with E-state index in [4.69, 9.17) is 0 Å². The molecule has 0 radical (unpaired) electrons. The van der Waals surface area contributed by atoms with E-state index in [2.05, 4.69) is 158 Å². The Morgan fingerprint density at radius 2 is 0.837 bits per heavy atom. The van der Waals surface area contributed by atoms with Crippen LogP contribution in [0.5, 0.6) is 0 Å². The van der Waals surface area contributed by atoms with Gasteiger partial charge in [-0.3, -0.25) is 0 Å². The van der Waals surface area contributed by atoms with Crippen molar-refractivity contribution in [3.8, 4) is 0 Å². The van der Waals surface area contributed by atoms with Crippen LogP contribution in [0.15, 0.2) is 121 Å². The zero-order valence-corrected chi connectivity index (χ0v) is 26.5. The minimum atomic E-state index is -1.38. The number of nitrogens with zero attached hydrogens (tertiary/aromatic N) is 1. The predicted octanol–water partition coefficient (Wildman–Crippen LogP) is 10.7. The number of fused-ring (bicyclic) bond motifs is 2. The van der Waals surface area contributed by atoms with Crippen molar-refractivity contribution in [3.05, 3.63) is 155 Å². The normalized spacial score (nSPS) is 14.3. The van der Waals surface area contributed by atoms with Crippen molar-refractivity contribution in [1.82, 2.24) is 0 Å². The zero-order chi connectivity index (χ0) is 29.4. The third kappa shape index (κ3) is 5.68. The summed E-state index contributed by atoms with van der Waals surface area (Å²) in [5.74, 6) is 0. The number of hydrogen-bond acceptors (Lipinski definition) is 1. The van der Waals surface area contributed by atoms with Crippen molar-refractivity contribution in [3.63, 3.8) is 0 Å². The molecule has 0 N–H and O–H groups in total. The van der Waals surface area contributed by atoms with E-state index in [-0.39, 0.29) is 0 Å². The third-order valence-corrected chi connectivity index (χ3v) is 11.1. The predicted molar refractivity (Wildman–Crippen MR) is 189 cm³/mol. The number of anilines is 3. The summed E-state index contributed by atoms with van der Waals surface area (Å²) in [6, 6.07) is 45.2. The summed E-state index contributed by atoms with van der Waals surface area (Å²) < 4.78 is 0. The molecule has 0 heterocycles. The van der Waals surface area contributed by atoms with Gasteiger partial charge in [0.25, 0.3) is 0 Å². The lowest BCUT2D eigenvalue weighted by Gasteiger charge is -2.27. The third-order valence-electron chi connectivity index (χ3n) is 9.08. The monoisotopic (exact) mass is 573 g/mol. The highest BCUT2D eigenvalue weighted by Crippen LogP contribution is 2.38. The molecule has 5 aromatic carbocycles. The Hall–Kier alpha value is -4.40. The van der Waals surface area contributed by atoms with Gasteiger partial charge in [0, 0.05) is 17.1 Å². The standard InChI is InChI=1S/C41H39NSi/c1-43(2,3)41-26-24-40(25-27-41)42(38-20-16-32(17-21-38)36-14-12-30-8-4-6-10-34(30)28-36)39-22-18-33(19-23-39)37-15-13-31-9-5-7-11-35(31)29-37/h4-11,16-29H,12-15H2,1-3H3. The first-order valence-electron chi connectivity index (χ1n) is 15.6. The van der Waals surface area contributed by atoms with Gasteiger partial charge in [0.15, 0.2) is 0 Å². The Bertz CT molecular complexity index is 1710. The van der Waals surface area contributed by atoms with Crippen LogP contribution >= 0.6 is 0 Å². The minimum absolute atomic E-state index is 1.08. The number of allylic oxidation sites excluding steroid dienone is 2. The van der Waals surface area contributed by atoms with Gasteiger partial charge in [-0.15, -0.1) is 0 Å². The Labute approximate surface area is 257 Å². The van der Waals surface area contributed by atoms with Gasteiger partial charge in [-0.25, -0.2) is 0 Å². The molecule has 0 saturated carbocycles. The van der Waals surface area contributed by atoms with Crippen LogP contribution in [0.3, 0.4) is 0 Å². The van der Waals surface area contributed by atoms with E-state index in [0.29, 0.717) is 0 Å². The van der Waals surface area contributed by atoms with Crippen LogP contribution in [0.4, 0.5) is 17.1 Å². The molecule has 5 aromatic rings. The van der Waals surface area contributed by atoms with Crippen LogP contribution in [0.1, 0.15) is 46.2 Å². The summed E-state index contributed by atoms with van der Waals surface area (Å²) in [6.07, 6.45) is 9.12. The highest BCUT2D eigenvalue weighted by molar-refractivity contribution is 6.88. The van der Waals surface area contributed by atoms with E-state index in [1.165, 1.54) is 66.8 Å². The summed E-state index contributed by atoms with van der Waals surface area (Å²) in [7, 11) is -1.38. The fourth-order valence-corrected chi connectivity index (χ4v) is 7.69. The average Bonchev–Trinajstić information content (AvgIpc) is 3.05. The van der Waals surface area contributed by atoms with E-state index >= 15 is 0 Å². The molecule has 212 valence electrons. The molecule has 43 heavy (non-hydrogen) atoms. The second kappa shape index (κ2) is 11.4. The molecule has 0 aliphatic heterocycles. The van der Waals surface area contributed by atoms with Gasteiger partial charge in [-0.1, -0.05) is 122 Å². The summed E-state index contributed by atoms with van der Waals surface area (Å²) in [4.78, 5) is 2.40. The van der Waals surface area contributed by atoms with Crippen molar-refractivity contribution in [2.45, 2.75) is 45.3 Å².